The highest BCUT2D eigenvalue weighted by Crippen LogP contribution is 2.51. The van der Waals surface area contributed by atoms with Gasteiger partial charge in [-0.25, -0.2) is 0 Å². The Labute approximate surface area is 78.8 Å². The van der Waals surface area contributed by atoms with Gasteiger partial charge in [-0.1, -0.05) is 19.3 Å². The molecule has 0 spiro atoms. The summed E-state index contributed by atoms with van der Waals surface area (Å²) in [7, 11) is 0. The molecule has 0 aromatic carbocycles. The quantitative estimate of drug-likeness (QED) is 0.619. The fourth-order valence-corrected chi connectivity index (χ4v) is 1.66. The van der Waals surface area contributed by atoms with Crippen molar-refractivity contribution >= 4 is 18.6 Å². The van der Waals surface area contributed by atoms with Crippen molar-refractivity contribution in [1.29, 1.82) is 0 Å². The van der Waals surface area contributed by atoms with Crippen LogP contribution in [-0.2, 0) is 4.79 Å². The Bertz CT molecular complexity index is 160. The molecule has 2 rings (SSSR count). The summed E-state index contributed by atoms with van der Waals surface area (Å²) in [5.74, 6) is 1.55. The van der Waals surface area contributed by atoms with E-state index in [1.54, 1.807) is 19.3 Å². The van der Waals surface area contributed by atoms with Gasteiger partial charge in [0.05, 0.1) is 5.25 Å². The minimum atomic E-state index is -0.877. The molecule has 0 radical (unpaired) electrons. The molecule has 0 aromatic heterocycles. The molecule has 70 valence electrons. The SMILES string of the molecule is C1CC2CC2C1.CC(S)C(=O)O. The largest absolute Gasteiger partial charge is 0.480 e. The molecular formula is C9H16O2S. The van der Waals surface area contributed by atoms with Crippen LogP contribution in [0.2, 0.25) is 0 Å². The standard InChI is InChI=1S/C6H10.C3H6O2S/c1-2-5-4-6(5)3-1;1-2(6)3(4)5/h5-6H,1-4H2;2,6H,1H3,(H,4,5). The van der Waals surface area contributed by atoms with E-state index in [1.807, 2.05) is 0 Å². The molecule has 3 atom stereocenters. The van der Waals surface area contributed by atoms with Crippen molar-refractivity contribution < 1.29 is 9.90 Å². The monoisotopic (exact) mass is 188 g/mol. The maximum Gasteiger partial charge on any atom is 0.316 e. The second kappa shape index (κ2) is 4.17. The number of rotatable bonds is 1. The number of carbonyl (C=O) groups is 1. The summed E-state index contributed by atoms with van der Waals surface area (Å²) in [5, 5.41) is 7.38. The number of aliphatic carboxylic acids is 1. The van der Waals surface area contributed by atoms with E-state index in [0.717, 1.165) is 0 Å². The molecule has 0 saturated heterocycles. The zero-order valence-electron chi connectivity index (χ0n) is 7.36. The van der Waals surface area contributed by atoms with Gasteiger partial charge in [-0.05, 0) is 25.2 Å². The second-order valence-corrected chi connectivity index (χ2v) is 4.48. The molecule has 0 aliphatic heterocycles. The zero-order chi connectivity index (χ0) is 9.14. The molecule has 12 heavy (non-hydrogen) atoms. The van der Waals surface area contributed by atoms with Crippen LogP contribution in [0.3, 0.4) is 0 Å². The minimum absolute atomic E-state index is 0.537. The van der Waals surface area contributed by atoms with E-state index in [2.05, 4.69) is 12.6 Å². The molecule has 3 heteroatoms. The first-order valence-electron chi connectivity index (χ1n) is 4.52. The number of carboxylic acids is 1. The Morgan fingerprint density at radius 2 is 1.92 bits per heavy atom. The first kappa shape index (κ1) is 9.90. The normalized spacial score (nSPS) is 32.8. The van der Waals surface area contributed by atoms with Crippen molar-refractivity contribution in [2.75, 3.05) is 0 Å². The molecule has 0 amide bonds. The number of hydrogen-bond donors (Lipinski definition) is 2. The molecule has 0 aromatic rings. The highest BCUT2D eigenvalue weighted by molar-refractivity contribution is 7.81. The van der Waals surface area contributed by atoms with Gasteiger partial charge in [0.2, 0.25) is 0 Å². The lowest BCUT2D eigenvalue weighted by Gasteiger charge is -1.88. The van der Waals surface area contributed by atoms with Crippen LogP contribution in [0.15, 0.2) is 0 Å². The van der Waals surface area contributed by atoms with Gasteiger partial charge in [0.1, 0.15) is 0 Å². The molecular weight excluding hydrogens is 172 g/mol. The van der Waals surface area contributed by atoms with Crippen molar-refractivity contribution in [1.82, 2.24) is 0 Å². The molecule has 0 heterocycles. The molecule has 2 aliphatic carbocycles. The van der Waals surface area contributed by atoms with Crippen molar-refractivity contribution in [2.45, 2.75) is 37.9 Å². The Hall–Kier alpha value is -0.180. The van der Waals surface area contributed by atoms with Crippen LogP contribution in [0.1, 0.15) is 32.6 Å². The van der Waals surface area contributed by atoms with Crippen molar-refractivity contribution in [3.05, 3.63) is 0 Å². The van der Waals surface area contributed by atoms with E-state index >= 15 is 0 Å². The molecule has 2 fully saturated rings. The molecule has 2 nitrogen and oxygen atoms in total. The summed E-state index contributed by atoms with van der Waals surface area (Å²) < 4.78 is 0. The lowest BCUT2D eigenvalue weighted by Crippen LogP contribution is -2.06. The van der Waals surface area contributed by atoms with Crippen molar-refractivity contribution in [3.8, 4) is 0 Å². The molecule has 2 saturated carbocycles. The van der Waals surface area contributed by atoms with Crippen molar-refractivity contribution in [3.63, 3.8) is 0 Å². The van der Waals surface area contributed by atoms with Gasteiger partial charge < -0.3 is 5.11 Å². The van der Waals surface area contributed by atoms with Crippen LogP contribution >= 0.6 is 12.6 Å². The number of carboxylic acid groups (broad SMARTS) is 1. The average molecular weight is 188 g/mol. The summed E-state index contributed by atoms with van der Waals surface area (Å²) in [6.45, 7) is 1.51. The first-order chi connectivity index (χ1) is 5.61. The fourth-order valence-electron chi connectivity index (χ4n) is 1.66. The number of fused-ring (bicyclic) bond motifs is 1. The second-order valence-electron chi connectivity index (χ2n) is 3.70. The minimum Gasteiger partial charge on any atom is -0.480 e. The summed E-state index contributed by atoms with van der Waals surface area (Å²) in [6, 6.07) is 0. The summed E-state index contributed by atoms with van der Waals surface area (Å²) in [6.07, 6.45) is 6.24. The Balaban J connectivity index is 0.000000120. The third-order valence-corrected chi connectivity index (χ3v) is 2.80. The Morgan fingerprint density at radius 1 is 1.50 bits per heavy atom. The molecule has 2 aliphatic rings. The van der Waals surface area contributed by atoms with E-state index in [4.69, 9.17) is 5.11 Å². The molecule has 1 N–H and O–H groups in total. The van der Waals surface area contributed by atoms with Gasteiger partial charge in [-0.2, -0.15) is 12.6 Å². The van der Waals surface area contributed by atoms with Gasteiger partial charge in [0.15, 0.2) is 0 Å². The maximum absolute atomic E-state index is 9.62. The van der Waals surface area contributed by atoms with E-state index in [0.29, 0.717) is 0 Å². The first-order valence-corrected chi connectivity index (χ1v) is 5.03. The van der Waals surface area contributed by atoms with Gasteiger partial charge in [0, 0.05) is 0 Å². The zero-order valence-corrected chi connectivity index (χ0v) is 8.26. The predicted molar refractivity (Wildman–Crippen MR) is 51.5 cm³/mol. The topological polar surface area (TPSA) is 37.3 Å². The van der Waals surface area contributed by atoms with Gasteiger partial charge in [-0.3, -0.25) is 4.79 Å². The maximum atomic E-state index is 9.62. The summed E-state index contributed by atoms with van der Waals surface area (Å²) >= 11 is 3.59. The lowest BCUT2D eigenvalue weighted by atomic mass is 10.3. The highest BCUT2D eigenvalue weighted by Gasteiger charge is 2.40. The average Bonchev–Trinajstić information content (AvgIpc) is 2.60. The van der Waals surface area contributed by atoms with Gasteiger partial charge >= 0.3 is 5.97 Å². The summed E-state index contributed by atoms with van der Waals surface area (Å²) in [5.41, 5.74) is 0. The van der Waals surface area contributed by atoms with Crippen LogP contribution in [0.4, 0.5) is 0 Å². The third-order valence-electron chi connectivity index (χ3n) is 2.58. The highest BCUT2D eigenvalue weighted by atomic mass is 32.1. The van der Waals surface area contributed by atoms with Gasteiger partial charge in [-0.15, -0.1) is 0 Å². The van der Waals surface area contributed by atoms with Crippen molar-refractivity contribution in [2.24, 2.45) is 11.8 Å². The summed E-state index contributed by atoms with van der Waals surface area (Å²) in [4.78, 5) is 9.62. The van der Waals surface area contributed by atoms with Crippen LogP contribution in [0, 0.1) is 11.8 Å². The molecule has 3 unspecified atom stereocenters. The number of hydrogen-bond acceptors (Lipinski definition) is 2. The Morgan fingerprint density at radius 3 is 2.00 bits per heavy atom. The third kappa shape index (κ3) is 3.05. The van der Waals surface area contributed by atoms with Gasteiger partial charge in [0.25, 0.3) is 0 Å². The smallest absolute Gasteiger partial charge is 0.316 e. The van der Waals surface area contributed by atoms with E-state index in [-0.39, 0.29) is 0 Å². The molecule has 0 bridgehead atoms. The Kier molecular flexibility index (Phi) is 3.44. The van der Waals surface area contributed by atoms with Crippen LogP contribution in [-0.4, -0.2) is 16.3 Å². The fraction of sp³-hybridized carbons (Fsp3) is 0.889. The van der Waals surface area contributed by atoms with E-state index in [9.17, 15) is 4.79 Å². The van der Waals surface area contributed by atoms with Crippen LogP contribution < -0.4 is 0 Å². The van der Waals surface area contributed by atoms with Crippen LogP contribution in [0.25, 0.3) is 0 Å². The lowest BCUT2D eigenvalue weighted by molar-refractivity contribution is -0.136. The number of thiol groups is 1. The van der Waals surface area contributed by atoms with E-state index in [1.165, 1.54) is 25.2 Å². The predicted octanol–water partition coefficient (Wildman–Crippen LogP) is 2.20. The van der Waals surface area contributed by atoms with Crippen LogP contribution in [0.5, 0.6) is 0 Å². The van der Waals surface area contributed by atoms with E-state index < -0.39 is 11.2 Å².